The molecule has 0 aliphatic rings. The standard InChI is InChI=1S/C33H35N2O.C14H14N.Ir/c1-19(2)16-23-18-34-30(17-22(23)7)28-13-9-12-26-27-14-15-29(35-33(27)36-32(26)28)31-24(20(3)4)10-8-11-25(31)21(5)6;1-10-4-6-13(7-5-10)14-8-11(2)12(3)9-15-14;/h8-12,14-15,17-21H,16H2,1-7H3;4-6,8-9H,1-3H3;/q2*-1;. The second-order valence-electron chi connectivity index (χ2n) is 14.9. The summed E-state index contributed by atoms with van der Waals surface area (Å²) in [5, 5.41) is 2.06. The molecule has 0 fully saturated rings. The average Bonchev–Trinajstić information content (AvgIpc) is 3.48. The number of furan rings is 1. The van der Waals surface area contributed by atoms with Crippen LogP contribution in [0.15, 0.2) is 89.6 Å². The first-order valence-electron chi connectivity index (χ1n) is 18.2. The molecule has 0 aliphatic carbocycles. The normalized spacial score (nSPS) is 11.3. The van der Waals surface area contributed by atoms with Crippen molar-refractivity contribution in [3.63, 3.8) is 0 Å². The van der Waals surface area contributed by atoms with Crippen LogP contribution in [-0.4, -0.2) is 15.0 Å². The minimum absolute atomic E-state index is 0. The van der Waals surface area contributed by atoms with Crippen molar-refractivity contribution in [2.24, 2.45) is 5.92 Å². The maximum atomic E-state index is 6.45. The molecule has 0 amide bonds. The second-order valence-corrected chi connectivity index (χ2v) is 14.9. The molecule has 0 N–H and O–H groups in total. The van der Waals surface area contributed by atoms with E-state index in [1.165, 1.54) is 44.5 Å². The van der Waals surface area contributed by atoms with Crippen LogP contribution in [0.1, 0.15) is 92.3 Å². The summed E-state index contributed by atoms with van der Waals surface area (Å²) in [7, 11) is 0. The number of rotatable bonds is 7. The first kappa shape index (κ1) is 38.8. The van der Waals surface area contributed by atoms with E-state index in [1.807, 2.05) is 24.5 Å². The number of aryl methyl sites for hydroxylation is 4. The third-order valence-electron chi connectivity index (χ3n) is 9.65. The monoisotopic (exact) mass is 864 g/mol. The summed E-state index contributed by atoms with van der Waals surface area (Å²) < 4.78 is 6.45. The largest absolute Gasteiger partial charge is 0.486 e. The first-order chi connectivity index (χ1) is 24.4. The van der Waals surface area contributed by atoms with Crippen LogP contribution < -0.4 is 0 Å². The Kier molecular flexibility index (Phi) is 12.3. The number of pyridine rings is 3. The van der Waals surface area contributed by atoms with Crippen LogP contribution in [0.25, 0.3) is 55.8 Å². The molecular formula is C47H49IrN3O-2. The van der Waals surface area contributed by atoms with Crippen molar-refractivity contribution in [1.29, 1.82) is 0 Å². The Bertz CT molecular complexity index is 2290. The van der Waals surface area contributed by atoms with Crippen molar-refractivity contribution in [2.45, 2.75) is 87.5 Å². The van der Waals surface area contributed by atoms with Crippen molar-refractivity contribution < 1.29 is 24.5 Å². The minimum Gasteiger partial charge on any atom is -0.486 e. The molecule has 0 saturated heterocycles. The van der Waals surface area contributed by atoms with Gasteiger partial charge in [0.05, 0.1) is 11.3 Å². The molecule has 0 bridgehead atoms. The van der Waals surface area contributed by atoms with Gasteiger partial charge in [-0.2, -0.15) is 0 Å². The van der Waals surface area contributed by atoms with Crippen molar-refractivity contribution in [3.8, 4) is 33.8 Å². The van der Waals surface area contributed by atoms with Crippen LogP contribution in [0, 0.1) is 45.7 Å². The molecule has 0 spiro atoms. The van der Waals surface area contributed by atoms with Gasteiger partial charge >= 0.3 is 0 Å². The predicted molar refractivity (Wildman–Crippen MR) is 213 cm³/mol. The summed E-state index contributed by atoms with van der Waals surface area (Å²) in [4.78, 5) is 14.3. The summed E-state index contributed by atoms with van der Waals surface area (Å²) in [6.45, 7) is 21.8. The molecule has 0 unspecified atom stereocenters. The Hall–Kier alpha value is -4.44. The van der Waals surface area contributed by atoms with Crippen LogP contribution in [0.3, 0.4) is 0 Å². The zero-order chi connectivity index (χ0) is 36.4. The molecule has 4 heterocycles. The maximum Gasteiger partial charge on any atom is 0.216 e. The van der Waals surface area contributed by atoms with Gasteiger partial charge in [0.25, 0.3) is 0 Å². The molecule has 0 atom stereocenters. The van der Waals surface area contributed by atoms with E-state index in [4.69, 9.17) is 14.4 Å². The molecular weight excluding hydrogens is 815 g/mol. The summed E-state index contributed by atoms with van der Waals surface area (Å²) in [6.07, 6.45) is 4.95. The predicted octanol–water partition coefficient (Wildman–Crippen LogP) is 12.7. The van der Waals surface area contributed by atoms with Crippen LogP contribution in [0.2, 0.25) is 0 Å². The van der Waals surface area contributed by atoms with Crippen LogP contribution >= 0.6 is 0 Å². The van der Waals surface area contributed by atoms with Crippen LogP contribution in [0.4, 0.5) is 0 Å². The minimum atomic E-state index is 0. The Balaban J connectivity index is 0.000000274. The van der Waals surface area contributed by atoms with E-state index in [9.17, 15) is 0 Å². The Morgan fingerprint density at radius 1 is 0.673 bits per heavy atom. The summed E-state index contributed by atoms with van der Waals surface area (Å²) in [5.74, 6) is 1.40. The third-order valence-corrected chi connectivity index (χ3v) is 9.65. The number of benzene rings is 3. The van der Waals surface area contributed by atoms with Gasteiger partial charge in [0, 0.05) is 43.4 Å². The summed E-state index contributed by atoms with van der Waals surface area (Å²) in [6, 6.07) is 32.0. The molecule has 3 aromatic carbocycles. The number of nitrogens with zero attached hydrogens (tertiary/aromatic N) is 3. The second kappa shape index (κ2) is 16.5. The van der Waals surface area contributed by atoms with Crippen molar-refractivity contribution in [3.05, 3.63) is 136 Å². The molecule has 7 rings (SSSR count). The van der Waals surface area contributed by atoms with E-state index < -0.39 is 0 Å². The topological polar surface area (TPSA) is 51.8 Å². The fraction of sp³-hybridized carbons (Fsp3) is 0.298. The van der Waals surface area contributed by atoms with E-state index in [0.29, 0.717) is 23.5 Å². The van der Waals surface area contributed by atoms with Gasteiger partial charge in [0.2, 0.25) is 5.71 Å². The number of fused-ring (bicyclic) bond motifs is 3. The molecule has 4 aromatic heterocycles. The van der Waals surface area contributed by atoms with Crippen LogP contribution in [0.5, 0.6) is 0 Å². The smallest absolute Gasteiger partial charge is 0.216 e. The quantitative estimate of drug-likeness (QED) is 0.150. The van der Waals surface area contributed by atoms with E-state index in [2.05, 4.69) is 147 Å². The molecule has 7 aromatic rings. The molecule has 5 heteroatoms. The van der Waals surface area contributed by atoms with Gasteiger partial charge in [-0.15, -0.1) is 53.6 Å². The van der Waals surface area contributed by atoms with Gasteiger partial charge in [-0.25, -0.2) is 4.98 Å². The van der Waals surface area contributed by atoms with Gasteiger partial charge in [0.15, 0.2) is 0 Å². The van der Waals surface area contributed by atoms with Crippen LogP contribution in [-0.2, 0) is 26.5 Å². The number of hydrogen-bond acceptors (Lipinski definition) is 4. The Morgan fingerprint density at radius 2 is 1.37 bits per heavy atom. The van der Waals surface area contributed by atoms with E-state index in [-0.39, 0.29) is 20.1 Å². The molecule has 1 radical (unpaired) electrons. The fourth-order valence-corrected chi connectivity index (χ4v) is 6.61. The van der Waals surface area contributed by atoms with Gasteiger partial charge in [-0.3, -0.25) is 0 Å². The summed E-state index contributed by atoms with van der Waals surface area (Å²) >= 11 is 0. The van der Waals surface area contributed by atoms with Gasteiger partial charge in [-0.1, -0.05) is 101 Å². The van der Waals surface area contributed by atoms with Gasteiger partial charge < -0.3 is 14.4 Å². The molecule has 0 aliphatic heterocycles. The van der Waals surface area contributed by atoms with Crippen molar-refractivity contribution >= 4 is 22.1 Å². The first-order valence-corrected chi connectivity index (χ1v) is 18.2. The van der Waals surface area contributed by atoms with Gasteiger partial charge in [-0.05, 0) is 90.7 Å². The third kappa shape index (κ3) is 8.27. The zero-order valence-electron chi connectivity index (χ0n) is 32.1. The average molecular weight is 864 g/mol. The SMILES string of the molecule is Cc1c[c-]c(-c2cc(C)c(C)cn2)cc1.Cc1cc(-c2[c-]ccc3c2oc2nc(-c4c(C(C)C)cccc4C(C)C)ccc23)ncc1CC(C)C.[Ir]. The van der Waals surface area contributed by atoms with Crippen molar-refractivity contribution in [2.75, 3.05) is 0 Å². The zero-order valence-corrected chi connectivity index (χ0v) is 34.5. The Morgan fingerprint density at radius 3 is 1.98 bits per heavy atom. The molecule has 269 valence electrons. The van der Waals surface area contributed by atoms with E-state index >= 15 is 0 Å². The number of aromatic nitrogens is 3. The molecule has 4 nitrogen and oxygen atoms in total. The number of hydrogen-bond donors (Lipinski definition) is 0. The fourth-order valence-electron chi connectivity index (χ4n) is 6.61. The van der Waals surface area contributed by atoms with E-state index in [0.717, 1.165) is 51.0 Å². The maximum absolute atomic E-state index is 6.45. The molecule has 52 heavy (non-hydrogen) atoms. The van der Waals surface area contributed by atoms with E-state index in [1.54, 1.807) is 0 Å². The van der Waals surface area contributed by atoms with Gasteiger partial charge in [0.1, 0.15) is 0 Å². The Labute approximate surface area is 323 Å². The molecule has 0 saturated carbocycles. The van der Waals surface area contributed by atoms with Crippen molar-refractivity contribution in [1.82, 2.24) is 15.0 Å². The summed E-state index contributed by atoms with van der Waals surface area (Å²) in [5.41, 5.74) is 16.4.